The van der Waals surface area contributed by atoms with Gasteiger partial charge in [0.15, 0.2) is 5.65 Å². The van der Waals surface area contributed by atoms with Gasteiger partial charge in [0.2, 0.25) is 0 Å². The van der Waals surface area contributed by atoms with Crippen molar-refractivity contribution in [3.05, 3.63) is 41.3 Å². The molecule has 0 fully saturated rings. The molecule has 0 atom stereocenters. The van der Waals surface area contributed by atoms with E-state index in [1.165, 1.54) is 11.1 Å². The molecule has 0 saturated heterocycles. The number of nitrogens with one attached hydrogen (secondary N) is 1. The quantitative estimate of drug-likeness (QED) is 0.610. The maximum Gasteiger partial charge on any atom is 0.303 e. The van der Waals surface area contributed by atoms with Crippen molar-refractivity contribution in [3.63, 3.8) is 0 Å². The molecule has 0 spiro atoms. The fourth-order valence-corrected chi connectivity index (χ4v) is 3.81. The summed E-state index contributed by atoms with van der Waals surface area (Å²) in [7, 11) is 1.68. The molecule has 1 aromatic carbocycles. The highest BCUT2D eigenvalue weighted by molar-refractivity contribution is 5.81. The Morgan fingerprint density at radius 3 is 2.86 bits per heavy atom. The van der Waals surface area contributed by atoms with Crippen molar-refractivity contribution < 1.29 is 14.6 Å². The molecule has 2 N–H and O–H groups in total. The fraction of sp³-hybridized carbons (Fsp3) is 0.381. The van der Waals surface area contributed by atoms with Crippen LogP contribution in [0.5, 0.6) is 5.75 Å². The van der Waals surface area contributed by atoms with Crippen LogP contribution in [0.4, 0.5) is 5.82 Å². The van der Waals surface area contributed by atoms with Crippen LogP contribution in [0.15, 0.2) is 24.5 Å². The predicted molar refractivity (Wildman–Crippen MR) is 107 cm³/mol. The number of methoxy groups -OCH3 is 1. The Kier molecular flexibility index (Phi) is 4.90. The van der Waals surface area contributed by atoms with Crippen LogP contribution in [-0.4, -0.2) is 39.1 Å². The molecule has 4 rings (SSSR count). The number of hydrogen-bond acceptors (Lipinski definition) is 5. The number of rotatable bonds is 7. The number of ether oxygens (including phenoxy) is 1. The number of carbonyl (C=O) groups is 1. The average Bonchev–Trinajstić information content (AvgIpc) is 3.27. The zero-order valence-corrected chi connectivity index (χ0v) is 16.2. The standard InChI is InChI=1S/C21H24N4O3/c1-13-12-25-18(11-23-13)24-20(21(25)22-8-4-7-19(26)27)16-9-14-5-3-6-15(14)10-17(16)28-2/h9-12,22H,3-8H2,1-2H3,(H,26,27). The molecule has 3 aromatic rings. The van der Waals surface area contributed by atoms with Crippen LogP contribution in [0, 0.1) is 6.92 Å². The number of carboxylic acid groups (broad SMARTS) is 1. The molecule has 146 valence electrons. The van der Waals surface area contributed by atoms with Gasteiger partial charge >= 0.3 is 5.97 Å². The summed E-state index contributed by atoms with van der Waals surface area (Å²) in [6.07, 6.45) is 7.67. The van der Waals surface area contributed by atoms with Gasteiger partial charge in [0.1, 0.15) is 17.3 Å². The zero-order chi connectivity index (χ0) is 19.7. The summed E-state index contributed by atoms with van der Waals surface area (Å²) >= 11 is 0. The van der Waals surface area contributed by atoms with Crippen molar-refractivity contribution in [2.24, 2.45) is 0 Å². The number of aromatic nitrogens is 3. The van der Waals surface area contributed by atoms with Crippen LogP contribution in [0.25, 0.3) is 16.9 Å². The number of nitrogens with zero attached hydrogens (tertiary/aromatic N) is 3. The SMILES string of the molecule is COc1cc2c(cc1-c1nc3cnc(C)cn3c1NCCCC(=O)O)CCC2. The van der Waals surface area contributed by atoms with E-state index in [1.54, 1.807) is 13.3 Å². The Balaban J connectivity index is 1.80. The lowest BCUT2D eigenvalue weighted by Crippen LogP contribution is -2.08. The summed E-state index contributed by atoms with van der Waals surface area (Å²) in [5.41, 5.74) is 6.06. The molecule has 0 amide bonds. The molecule has 0 saturated carbocycles. The Hall–Kier alpha value is -3.09. The molecule has 2 aromatic heterocycles. The molecule has 0 radical (unpaired) electrons. The van der Waals surface area contributed by atoms with E-state index in [1.807, 2.05) is 17.5 Å². The minimum absolute atomic E-state index is 0.127. The average molecular weight is 380 g/mol. The van der Waals surface area contributed by atoms with Crippen LogP contribution >= 0.6 is 0 Å². The third kappa shape index (κ3) is 3.40. The van der Waals surface area contributed by atoms with Crippen molar-refractivity contribution in [1.29, 1.82) is 0 Å². The minimum Gasteiger partial charge on any atom is -0.496 e. The second-order valence-corrected chi connectivity index (χ2v) is 7.16. The summed E-state index contributed by atoms with van der Waals surface area (Å²) in [4.78, 5) is 20.0. The summed E-state index contributed by atoms with van der Waals surface area (Å²) in [6, 6.07) is 4.31. The van der Waals surface area contributed by atoms with Gasteiger partial charge in [-0.1, -0.05) is 0 Å². The molecule has 0 bridgehead atoms. The Morgan fingerprint density at radius 1 is 1.32 bits per heavy atom. The lowest BCUT2D eigenvalue weighted by Gasteiger charge is -2.13. The first-order chi connectivity index (χ1) is 13.6. The number of carboxylic acids is 1. The van der Waals surface area contributed by atoms with Crippen molar-refractivity contribution >= 4 is 17.4 Å². The highest BCUT2D eigenvalue weighted by Crippen LogP contribution is 2.39. The van der Waals surface area contributed by atoms with E-state index in [0.717, 1.165) is 53.4 Å². The first-order valence-electron chi connectivity index (χ1n) is 9.57. The van der Waals surface area contributed by atoms with E-state index in [-0.39, 0.29) is 6.42 Å². The molecule has 1 aliphatic rings. The van der Waals surface area contributed by atoms with Gasteiger partial charge in [-0.2, -0.15) is 0 Å². The lowest BCUT2D eigenvalue weighted by molar-refractivity contribution is -0.137. The molecule has 28 heavy (non-hydrogen) atoms. The molecule has 0 unspecified atom stereocenters. The number of imidazole rings is 1. The lowest BCUT2D eigenvalue weighted by atomic mass is 10.0. The molecule has 2 heterocycles. The number of aryl methyl sites for hydroxylation is 3. The Bertz CT molecular complexity index is 1040. The van der Waals surface area contributed by atoms with Gasteiger partial charge in [-0.3, -0.25) is 14.2 Å². The van der Waals surface area contributed by atoms with Crippen molar-refractivity contribution in [2.45, 2.75) is 39.0 Å². The van der Waals surface area contributed by atoms with Crippen LogP contribution in [0.2, 0.25) is 0 Å². The number of anilines is 1. The third-order valence-corrected chi connectivity index (χ3v) is 5.17. The highest BCUT2D eigenvalue weighted by atomic mass is 16.5. The molecular formula is C21H24N4O3. The first kappa shape index (κ1) is 18.3. The van der Waals surface area contributed by atoms with E-state index >= 15 is 0 Å². The molecule has 7 nitrogen and oxygen atoms in total. The molecule has 1 aliphatic carbocycles. The van der Waals surface area contributed by atoms with Gasteiger partial charge in [-0.25, -0.2) is 4.98 Å². The summed E-state index contributed by atoms with van der Waals surface area (Å²) in [6.45, 7) is 2.48. The monoisotopic (exact) mass is 380 g/mol. The summed E-state index contributed by atoms with van der Waals surface area (Å²) < 4.78 is 7.66. The van der Waals surface area contributed by atoms with Crippen molar-refractivity contribution in [2.75, 3.05) is 19.0 Å². The van der Waals surface area contributed by atoms with Crippen LogP contribution < -0.4 is 10.1 Å². The second-order valence-electron chi connectivity index (χ2n) is 7.16. The van der Waals surface area contributed by atoms with E-state index in [4.69, 9.17) is 14.8 Å². The van der Waals surface area contributed by atoms with E-state index < -0.39 is 5.97 Å². The minimum atomic E-state index is -0.791. The smallest absolute Gasteiger partial charge is 0.303 e. The van der Waals surface area contributed by atoms with Crippen LogP contribution in [0.3, 0.4) is 0 Å². The summed E-state index contributed by atoms with van der Waals surface area (Å²) in [5, 5.41) is 12.3. The van der Waals surface area contributed by atoms with Gasteiger partial charge in [0.05, 0.1) is 19.0 Å². The Morgan fingerprint density at radius 2 is 2.11 bits per heavy atom. The van der Waals surface area contributed by atoms with E-state index in [2.05, 4.69) is 22.4 Å². The topological polar surface area (TPSA) is 88.8 Å². The van der Waals surface area contributed by atoms with Crippen LogP contribution in [0.1, 0.15) is 36.1 Å². The second kappa shape index (κ2) is 7.50. The molecular weight excluding hydrogens is 356 g/mol. The fourth-order valence-electron chi connectivity index (χ4n) is 3.81. The van der Waals surface area contributed by atoms with Gasteiger partial charge in [0.25, 0.3) is 0 Å². The predicted octanol–water partition coefficient (Wildman–Crippen LogP) is 3.48. The first-order valence-corrected chi connectivity index (χ1v) is 9.57. The van der Waals surface area contributed by atoms with Gasteiger partial charge in [-0.05, 0) is 55.9 Å². The van der Waals surface area contributed by atoms with Crippen molar-refractivity contribution in [3.8, 4) is 17.0 Å². The third-order valence-electron chi connectivity index (χ3n) is 5.17. The Labute approximate surface area is 163 Å². The van der Waals surface area contributed by atoms with E-state index in [0.29, 0.717) is 13.0 Å². The van der Waals surface area contributed by atoms with Crippen LogP contribution in [-0.2, 0) is 17.6 Å². The number of fused-ring (bicyclic) bond motifs is 2. The summed E-state index contributed by atoms with van der Waals surface area (Å²) in [5.74, 6) is 0.852. The molecule has 7 heteroatoms. The zero-order valence-electron chi connectivity index (χ0n) is 16.2. The largest absolute Gasteiger partial charge is 0.496 e. The van der Waals surface area contributed by atoms with Gasteiger partial charge < -0.3 is 15.2 Å². The number of aliphatic carboxylic acids is 1. The normalized spacial score (nSPS) is 12.9. The van der Waals surface area contributed by atoms with E-state index in [9.17, 15) is 4.79 Å². The maximum atomic E-state index is 10.8. The molecule has 0 aliphatic heterocycles. The van der Waals surface area contributed by atoms with Gasteiger partial charge in [-0.15, -0.1) is 0 Å². The van der Waals surface area contributed by atoms with Gasteiger partial charge in [0, 0.05) is 24.7 Å². The maximum absolute atomic E-state index is 10.8. The van der Waals surface area contributed by atoms with Crippen molar-refractivity contribution in [1.82, 2.24) is 14.4 Å². The highest BCUT2D eigenvalue weighted by Gasteiger charge is 2.21. The number of hydrogen-bond donors (Lipinski definition) is 2. The number of benzene rings is 1.